The average molecular weight is 350 g/mol. The fourth-order valence-electron chi connectivity index (χ4n) is 2.70. The van der Waals surface area contributed by atoms with Crippen molar-refractivity contribution in [2.45, 2.75) is 12.8 Å². The summed E-state index contributed by atoms with van der Waals surface area (Å²) in [7, 11) is 2.93. The van der Waals surface area contributed by atoms with E-state index in [1.54, 1.807) is 12.1 Å². The number of amides is 2. The number of primary amides is 1. The lowest BCUT2D eigenvalue weighted by atomic mass is 9.97. The van der Waals surface area contributed by atoms with Crippen molar-refractivity contribution in [3.05, 3.63) is 23.8 Å². The molecule has 0 aliphatic carbocycles. The Hall–Kier alpha value is -2.77. The molecule has 1 aromatic carbocycles. The van der Waals surface area contributed by atoms with Crippen LogP contribution in [0.4, 0.5) is 0 Å². The second-order valence-electron chi connectivity index (χ2n) is 5.72. The van der Waals surface area contributed by atoms with Gasteiger partial charge >= 0.3 is 5.97 Å². The quantitative estimate of drug-likeness (QED) is 0.752. The molecule has 25 heavy (non-hydrogen) atoms. The summed E-state index contributed by atoms with van der Waals surface area (Å²) in [5.41, 5.74) is 5.50. The Bertz CT molecular complexity index is 661. The first-order chi connectivity index (χ1) is 12.0. The molecule has 0 radical (unpaired) electrons. The average Bonchev–Trinajstić information content (AvgIpc) is 2.65. The van der Waals surface area contributed by atoms with Gasteiger partial charge in [-0.05, 0) is 25.0 Å². The molecule has 0 unspecified atom stereocenters. The SMILES string of the molecule is COc1ccc(C(=O)OCC(=O)N2CCC[C@H](C(N)=O)C2)c(OC)c1. The summed E-state index contributed by atoms with van der Waals surface area (Å²) in [6.07, 6.45) is 1.36. The highest BCUT2D eigenvalue weighted by atomic mass is 16.5. The molecule has 1 saturated heterocycles. The number of ether oxygens (including phenoxy) is 3. The number of esters is 1. The first-order valence-corrected chi connectivity index (χ1v) is 7.92. The van der Waals surface area contributed by atoms with Crippen LogP contribution in [0.2, 0.25) is 0 Å². The molecule has 1 aliphatic rings. The Balaban J connectivity index is 1.95. The van der Waals surface area contributed by atoms with Crippen LogP contribution in [0.15, 0.2) is 18.2 Å². The number of carbonyl (C=O) groups is 3. The summed E-state index contributed by atoms with van der Waals surface area (Å²) in [4.78, 5) is 37.2. The Labute approximate surface area is 145 Å². The summed E-state index contributed by atoms with van der Waals surface area (Å²) in [6, 6.07) is 4.66. The van der Waals surface area contributed by atoms with Crippen molar-refractivity contribution >= 4 is 17.8 Å². The van der Waals surface area contributed by atoms with E-state index in [0.29, 0.717) is 30.9 Å². The Morgan fingerprint density at radius 1 is 1.24 bits per heavy atom. The number of hydrogen-bond acceptors (Lipinski definition) is 6. The van der Waals surface area contributed by atoms with E-state index in [-0.39, 0.29) is 23.9 Å². The van der Waals surface area contributed by atoms with Crippen LogP contribution in [-0.4, -0.2) is 56.6 Å². The highest BCUT2D eigenvalue weighted by molar-refractivity contribution is 5.94. The molecule has 0 bridgehead atoms. The van der Waals surface area contributed by atoms with E-state index in [9.17, 15) is 14.4 Å². The van der Waals surface area contributed by atoms with Crippen LogP contribution in [0.5, 0.6) is 11.5 Å². The molecule has 1 aromatic rings. The van der Waals surface area contributed by atoms with Crippen molar-refractivity contribution < 1.29 is 28.6 Å². The van der Waals surface area contributed by atoms with Crippen LogP contribution in [0.25, 0.3) is 0 Å². The summed E-state index contributed by atoms with van der Waals surface area (Å²) >= 11 is 0. The zero-order valence-corrected chi connectivity index (χ0v) is 14.3. The predicted octanol–water partition coefficient (Wildman–Crippen LogP) is 0.584. The predicted molar refractivity (Wildman–Crippen MR) is 88.3 cm³/mol. The molecule has 8 heteroatoms. The molecule has 1 atom stereocenters. The molecule has 2 rings (SSSR count). The number of methoxy groups -OCH3 is 2. The normalized spacial score (nSPS) is 16.9. The number of rotatable bonds is 6. The third-order valence-electron chi connectivity index (χ3n) is 4.13. The lowest BCUT2D eigenvalue weighted by molar-refractivity contribution is -0.137. The first-order valence-electron chi connectivity index (χ1n) is 7.92. The fraction of sp³-hybridized carbons (Fsp3) is 0.471. The minimum Gasteiger partial charge on any atom is -0.497 e. The molecule has 2 amide bonds. The van der Waals surface area contributed by atoms with Crippen LogP contribution < -0.4 is 15.2 Å². The molecular weight excluding hydrogens is 328 g/mol. The molecule has 8 nitrogen and oxygen atoms in total. The van der Waals surface area contributed by atoms with E-state index in [1.165, 1.54) is 25.2 Å². The number of carbonyl (C=O) groups excluding carboxylic acids is 3. The maximum Gasteiger partial charge on any atom is 0.342 e. The van der Waals surface area contributed by atoms with Crippen molar-refractivity contribution in [1.29, 1.82) is 0 Å². The molecule has 0 saturated carbocycles. The molecule has 1 aliphatic heterocycles. The van der Waals surface area contributed by atoms with Crippen LogP contribution in [0.3, 0.4) is 0 Å². The maximum atomic E-state index is 12.2. The molecule has 136 valence electrons. The van der Waals surface area contributed by atoms with Gasteiger partial charge in [-0.1, -0.05) is 0 Å². The monoisotopic (exact) mass is 350 g/mol. The number of benzene rings is 1. The zero-order valence-electron chi connectivity index (χ0n) is 14.3. The van der Waals surface area contributed by atoms with E-state index in [2.05, 4.69) is 0 Å². The van der Waals surface area contributed by atoms with Crippen molar-refractivity contribution in [2.24, 2.45) is 11.7 Å². The van der Waals surface area contributed by atoms with Gasteiger partial charge in [0.1, 0.15) is 17.1 Å². The first kappa shape index (κ1) is 18.6. The Kier molecular flexibility index (Phi) is 6.21. The van der Waals surface area contributed by atoms with Crippen LogP contribution in [0, 0.1) is 5.92 Å². The Morgan fingerprint density at radius 3 is 2.64 bits per heavy atom. The van der Waals surface area contributed by atoms with Gasteiger partial charge in [0.15, 0.2) is 6.61 Å². The van der Waals surface area contributed by atoms with Crippen LogP contribution >= 0.6 is 0 Å². The van der Waals surface area contributed by atoms with Crippen molar-refractivity contribution in [2.75, 3.05) is 33.9 Å². The highest BCUT2D eigenvalue weighted by Gasteiger charge is 2.27. The molecule has 2 N–H and O–H groups in total. The number of nitrogens with two attached hydrogens (primary N) is 1. The fourth-order valence-corrected chi connectivity index (χ4v) is 2.70. The number of likely N-dealkylation sites (tertiary alicyclic amines) is 1. The zero-order chi connectivity index (χ0) is 18.4. The van der Waals surface area contributed by atoms with E-state index >= 15 is 0 Å². The minimum atomic E-state index is -0.670. The lowest BCUT2D eigenvalue weighted by Gasteiger charge is -2.31. The van der Waals surface area contributed by atoms with Crippen molar-refractivity contribution in [3.8, 4) is 11.5 Å². The van der Waals surface area contributed by atoms with E-state index in [1.807, 2.05) is 0 Å². The summed E-state index contributed by atoms with van der Waals surface area (Å²) < 4.78 is 15.3. The number of piperidine rings is 1. The van der Waals surface area contributed by atoms with Gasteiger partial charge < -0.3 is 24.8 Å². The Morgan fingerprint density at radius 2 is 2.00 bits per heavy atom. The van der Waals surface area contributed by atoms with E-state index in [0.717, 1.165) is 0 Å². The molecular formula is C17H22N2O6. The number of hydrogen-bond donors (Lipinski definition) is 1. The van der Waals surface area contributed by atoms with Gasteiger partial charge in [-0.3, -0.25) is 9.59 Å². The summed E-state index contributed by atoms with van der Waals surface area (Å²) in [5.74, 6) is -0.963. The largest absolute Gasteiger partial charge is 0.497 e. The van der Waals surface area contributed by atoms with Gasteiger partial charge in [0.25, 0.3) is 5.91 Å². The van der Waals surface area contributed by atoms with Gasteiger partial charge in [-0.25, -0.2) is 4.79 Å². The summed E-state index contributed by atoms with van der Waals surface area (Å²) in [5, 5.41) is 0. The summed E-state index contributed by atoms with van der Waals surface area (Å²) in [6.45, 7) is 0.378. The third kappa shape index (κ3) is 4.62. The van der Waals surface area contributed by atoms with Crippen molar-refractivity contribution in [1.82, 2.24) is 4.90 Å². The molecule has 1 heterocycles. The van der Waals surface area contributed by atoms with Gasteiger partial charge in [0.05, 0.1) is 20.1 Å². The maximum absolute atomic E-state index is 12.2. The van der Waals surface area contributed by atoms with E-state index in [4.69, 9.17) is 19.9 Å². The van der Waals surface area contributed by atoms with Crippen LogP contribution in [0.1, 0.15) is 23.2 Å². The standard InChI is InChI=1S/C17H22N2O6/c1-23-12-5-6-13(14(8-12)24-2)17(22)25-10-15(20)19-7-3-4-11(9-19)16(18)21/h5-6,8,11H,3-4,7,9-10H2,1-2H3,(H2,18,21)/t11-/m0/s1. The van der Waals surface area contributed by atoms with Gasteiger partial charge in [-0.2, -0.15) is 0 Å². The van der Waals surface area contributed by atoms with Gasteiger partial charge in [0, 0.05) is 19.2 Å². The molecule has 0 aromatic heterocycles. The second kappa shape index (κ2) is 8.36. The lowest BCUT2D eigenvalue weighted by Crippen LogP contribution is -2.45. The third-order valence-corrected chi connectivity index (χ3v) is 4.13. The number of nitrogens with zero attached hydrogens (tertiary/aromatic N) is 1. The topological polar surface area (TPSA) is 108 Å². The van der Waals surface area contributed by atoms with Gasteiger partial charge in [-0.15, -0.1) is 0 Å². The van der Waals surface area contributed by atoms with Crippen LogP contribution in [-0.2, 0) is 14.3 Å². The molecule has 0 spiro atoms. The van der Waals surface area contributed by atoms with E-state index < -0.39 is 18.5 Å². The molecule has 1 fully saturated rings. The van der Waals surface area contributed by atoms with Gasteiger partial charge in [0.2, 0.25) is 5.91 Å². The van der Waals surface area contributed by atoms with Crippen molar-refractivity contribution in [3.63, 3.8) is 0 Å². The minimum absolute atomic E-state index is 0.199. The smallest absolute Gasteiger partial charge is 0.342 e. The second-order valence-corrected chi connectivity index (χ2v) is 5.72. The highest BCUT2D eigenvalue weighted by Crippen LogP contribution is 2.25.